The van der Waals surface area contributed by atoms with E-state index in [9.17, 15) is 14.7 Å². The highest BCUT2D eigenvalue weighted by Gasteiger charge is 2.50. The van der Waals surface area contributed by atoms with Crippen LogP contribution in [0.1, 0.15) is 48.5 Å². The SMILES string of the molecule is COc1cccc(CNC(=O)[C@H]2[C@H](CO)[C@H]3Cn4c(ccc(C5=CCCCC5)c4=O)[C@@H]2N3)c1. The zero-order valence-corrected chi connectivity index (χ0v) is 18.9. The van der Waals surface area contributed by atoms with E-state index in [1.165, 1.54) is 6.42 Å². The van der Waals surface area contributed by atoms with Crippen LogP contribution in [0.2, 0.25) is 0 Å². The van der Waals surface area contributed by atoms with Crippen LogP contribution in [0, 0.1) is 11.8 Å². The molecule has 1 aromatic heterocycles. The van der Waals surface area contributed by atoms with Gasteiger partial charge in [-0.05, 0) is 61.1 Å². The molecular formula is C26H31N3O4. The second-order valence-corrected chi connectivity index (χ2v) is 9.26. The smallest absolute Gasteiger partial charge is 0.258 e. The maximum Gasteiger partial charge on any atom is 0.258 e. The molecule has 0 saturated carbocycles. The fraction of sp³-hybridized carbons (Fsp3) is 0.462. The Morgan fingerprint density at radius 2 is 2.15 bits per heavy atom. The third kappa shape index (κ3) is 4.00. The van der Waals surface area contributed by atoms with Crippen molar-refractivity contribution in [2.45, 2.75) is 50.9 Å². The number of aliphatic hydroxyl groups is 1. The van der Waals surface area contributed by atoms with Crippen LogP contribution in [-0.2, 0) is 17.9 Å². The van der Waals surface area contributed by atoms with Crippen LogP contribution in [0.5, 0.6) is 5.75 Å². The fourth-order valence-corrected chi connectivity index (χ4v) is 5.67. The molecule has 33 heavy (non-hydrogen) atoms. The van der Waals surface area contributed by atoms with Crippen LogP contribution < -0.4 is 20.9 Å². The van der Waals surface area contributed by atoms with Crippen molar-refractivity contribution in [1.82, 2.24) is 15.2 Å². The zero-order valence-electron chi connectivity index (χ0n) is 18.9. The van der Waals surface area contributed by atoms with Gasteiger partial charge in [-0.3, -0.25) is 9.59 Å². The first kappa shape index (κ1) is 21.9. The second-order valence-electron chi connectivity index (χ2n) is 9.26. The lowest BCUT2D eigenvalue weighted by Gasteiger charge is -2.28. The summed E-state index contributed by atoms with van der Waals surface area (Å²) in [5.74, 6) is -0.0714. The summed E-state index contributed by atoms with van der Waals surface area (Å²) in [5, 5.41) is 16.7. The number of hydrogen-bond donors (Lipinski definition) is 3. The number of fused-ring (bicyclic) bond motifs is 4. The van der Waals surface area contributed by atoms with E-state index in [-0.39, 0.29) is 36.1 Å². The van der Waals surface area contributed by atoms with Gasteiger partial charge in [0.15, 0.2) is 0 Å². The number of carbonyl (C=O) groups is 1. The lowest BCUT2D eigenvalue weighted by atomic mass is 9.86. The number of hydrogen-bond acceptors (Lipinski definition) is 5. The highest BCUT2D eigenvalue weighted by atomic mass is 16.5. The molecular weight excluding hydrogens is 418 g/mol. The lowest BCUT2D eigenvalue weighted by Crippen LogP contribution is -2.44. The number of aliphatic hydroxyl groups excluding tert-OH is 1. The maximum absolute atomic E-state index is 13.4. The first-order valence-electron chi connectivity index (χ1n) is 11.8. The largest absolute Gasteiger partial charge is 0.497 e. The maximum atomic E-state index is 13.4. The normalized spacial score (nSPS) is 25.8. The fourth-order valence-electron chi connectivity index (χ4n) is 5.67. The third-order valence-electron chi connectivity index (χ3n) is 7.39. The molecule has 7 nitrogen and oxygen atoms in total. The van der Waals surface area contributed by atoms with Crippen molar-refractivity contribution in [3.63, 3.8) is 0 Å². The van der Waals surface area contributed by atoms with Gasteiger partial charge in [-0.1, -0.05) is 18.2 Å². The Hall–Kier alpha value is -2.90. The van der Waals surface area contributed by atoms with Gasteiger partial charge in [-0.2, -0.15) is 0 Å². The zero-order chi connectivity index (χ0) is 22.9. The van der Waals surface area contributed by atoms with E-state index in [4.69, 9.17) is 4.74 Å². The molecule has 7 heteroatoms. The average molecular weight is 450 g/mol. The van der Waals surface area contributed by atoms with Gasteiger partial charge in [0.05, 0.1) is 19.1 Å². The van der Waals surface area contributed by atoms with E-state index in [1.54, 1.807) is 7.11 Å². The highest BCUT2D eigenvalue weighted by molar-refractivity contribution is 5.80. The molecule has 0 spiro atoms. The van der Waals surface area contributed by atoms with E-state index >= 15 is 0 Å². The number of rotatable bonds is 6. The minimum absolute atomic E-state index is 0.0197. The molecule has 1 fully saturated rings. The lowest BCUT2D eigenvalue weighted by molar-refractivity contribution is -0.127. The number of benzene rings is 1. The van der Waals surface area contributed by atoms with E-state index in [0.717, 1.165) is 47.4 Å². The molecule has 2 bridgehead atoms. The van der Waals surface area contributed by atoms with Crippen LogP contribution in [0.15, 0.2) is 47.3 Å². The molecule has 3 aliphatic rings. The van der Waals surface area contributed by atoms with Gasteiger partial charge in [0.1, 0.15) is 5.75 Å². The highest BCUT2D eigenvalue weighted by Crippen LogP contribution is 2.41. The number of ether oxygens (including phenoxy) is 1. The summed E-state index contributed by atoms with van der Waals surface area (Å²) >= 11 is 0. The number of methoxy groups -OCH3 is 1. The number of allylic oxidation sites excluding steroid dienone is 2. The molecule has 0 radical (unpaired) electrons. The van der Waals surface area contributed by atoms with Gasteiger partial charge in [0.2, 0.25) is 5.91 Å². The van der Waals surface area contributed by atoms with Crippen molar-refractivity contribution in [3.8, 4) is 5.75 Å². The Morgan fingerprint density at radius 1 is 1.27 bits per heavy atom. The van der Waals surface area contributed by atoms with E-state index in [1.807, 2.05) is 41.0 Å². The van der Waals surface area contributed by atoms with Crippen LogP contribution in [-0.4, -0.2) is 35.3 Å². The van der Waals surface area contributed by atoms with Gasteiger partial charge in [-0.25, -0.2) is 0 Å². The predicted molar refractivity (Wildman–Crippen MR) is 126 cm³/mol. The number of aromatic nitrogens is 1. The molecule has 3 heterocycles. The number of amides is 1. The summed E-state index contributed by atoms with van der Waals surface area (Å²) in [4.78, 5) is 26.7. The van der Waals surface area contributed by atoms with Gasteiger partial charge in [-0.15, -0.1) is 0 Å². The molecule has 5 rings (SSSR count). The first-order valence-corrected chi connectivity index (χ1v) is 11.8. The first-order chi connectivity index (χ1) is 16.1. The van der Waals surface area contributed by atoms with Crippen LogP contribution in [0.4, 0.5) is 0 Å². The summed E-state index contributed by atoms with van der Waals surface area (Å²) in [7, 11) is 1.61. The summed E-state index contributed by atoms with van der Waals surface area (Å²) in [6.07, 6.45) is 6.43. The van der Waals surface area contributed by atoms with Crippen molar-refractivity contribution < 1.29 is 14.6 Å². The van der Waals surface area contributed by atoms with Crippen molar-refractivity contribution in [2.24, 2.45) is 11.8 Å². The molecule has 3 N–H and O–H groups in total. The van der Waals surface area contributed by atoms with Crippen molar-refractivity contribution >= 4 is 11.5 Å². The van der Waals surface area contributed by atoms with E-state index < -0.39 is 5.92 Å². The number of pyridine rings is 1. The summed E-state index contributed by atoms with van der Waals surface area (Å²) < 4.78 is 7.09. The van der Waals surface area contributed by atoms with E-state index in [2.05, 4.69) is 16.7 Å². The number of carbonyl (C=O) groups excluding carboxylic acids is 1. The molecule has 2 aliphatic heterocycles. The molecule has 1 saturated heterocycles. The number of nitrogens with zero attached hydrogens (tertiary/aromatic N) is 1. The second kappa shape index (κ2) is 9.15. The predicted octanol–water partition coefficient (Wildman–Crippen LogP) is 2.38. The molecule has 2 aromatic rings. The minimum atomic E-state index is -0.446. The number of nitrogens with one attached hydrogen (secondary N) is 2. The Kier molecular flexibility index (Phi) is 6.08. The van der Waals surface area contributed by atoms with Gasteiger partial charge < -0.3 is 25.0 Å². The van der Waals surface area contributed by atoms with Crippen LogP contribution >= 0.6 is 0 Å². The van der Waals surface area contributed by atoms with Gasteiger partial charge in [0.25, 0.3) is 5.56 Å². The van der Waals surface area contributed by atoms with Crippen LogP contribution in [0.3, 0.4) is 0 Å². The van der Waals surface area contributed by atoms with Gasteiger partial charge >= 0.3 is 0 Å². The summed E-state index contributed by atoms with van der Waals surface area (Å²) in [5.41, 5.74) is 3.71. The Bertz CT molecular complexity index is 1140. The molecule has 1 amide bonds. The van der Waals surface area contributed by atoms with Crippen molar-refractivity contribution in [1.29, 1.82) is 0 Å². The average Bonchev–Trinajstić information content (AvgIpc) is 3.16. The van der Waals surface area contributed by atoms with Gasteiger partial charge in [0, 0.05) is 42.9 Å². The summed E-state index contributed by atoms with van der Waals surface area (Å²) in [6.45, 7) is 0.741. The summed E-state index contributed by atoms with van der Waals surface area (Å²) in [6, 6.07) is 11.1. The monoisotopic (exact) mass is 449 g/mol. The minimum Gasteiger partial charge on any atom is -0.497 e. The van der Waals surface area contributed by atoms with Crippen molar-refractivity contribution in [3.05, 3.63) is 69.6 Å². The standard InChI is InChI=1S/C26H31N3O4/c1-33-18-9-5-6-16(12-18)13-27-25(31)23-20(15-30)21-14-29-22(24(23)28-21)11-10-19(26(29)32)17-7-3-2-4-8-17/h5-7,9-12,20-21,23-24,28,30H,2-4,8,13-15H2,1H3,(H,27,31)/t20-,21-,23+,24+/m1/s1. The Labute approximate surface area is 193 Å². The van der Waals surface area contributed by atoms with E-state index in [0.29, 0.717) is 13.1 Å². The molecule has 1 aromatic carbocycles. The molecule has 1 aliphatic carbocycles. The molecule has 4 atom stereocenters. The Morgan fingerprint density at radius 3 is 2.91 bits per heavy atom. The third-order valence-corrected chi connectivity index (χ3v) is 7.39. The quantitative estimate of drug-likeness (QED) is 0.630. The molecule has 0 unspecified atom stereocenters. The van der Waals surface area contributed by atoms with Crippen LogP contribution in [0.25, 0.3) is 5.57 Å². The molecule has 174 valence electrons. The van der Waals surface area contributed by atoms with Crippen molar-refractivity contribution in [2.75, 3.05) is 13.7 Å². The Balaban J connectivity index is 1.41. The topological polar surface area (TPSA) is 92.6 Å².